The smallest absolute Gasteiger partial charge is 0.170 e. The van der Waals surface area contributed by atoms with Crippen LogP contribution in [0.5, 0.6) is 0 Å². The highest BCUT2D eigenvalue weighted by Gasteiger charge is 2.14. The molecule has 1 aliphatic heterocycles. The van der Waals surface area contributed by atoms with Crippen molar-refractivity contribution in [2.45, 2.75) is 19.3 Å². The van der Waals surface area contributed by atoms with E-state index in [1.165, 1.54) is 0 Å². The molecule has 30 heavy (non-hydrogen) atoms. The molecule has 0 aliphatic carbocycles. The van der Waals surface area contributed by atoms with Gasteiger partial charge in [-0.15, -0.1) is 0 Å². The number of pyridine rings is 2. The van der Waals surface area contributed by atoms with Crippen LogP contribution in [0.2, 0.25) is 5.02 Å². The van der Waals surface area contributed by atoms with Crippen molar-refractivity contribution in [1.29, 1.82) is 0 Å². The van der Waals surface area contributed by atoms with E-state index < -0.39 is 0 Å². The molecule has 3 aromatic rings. The van der Waals surface area contributed by atoms with E-state index in [2.05, 4.69) is 27.4 Å². The zero-order chi connectivity index (χ0) is 20.8. The molecule has 3 heterocycles. The molecule has 1 aliphatic rings. The number of nitrogens with one attached hydrogen (secondary N) is 1. The molecule has 0 unspecified atom stereocenters. The fourth-order valence-electron chi connectivity index (χ4n) is 3.60. The predicted octanol–water partition coefficient (Wildman–Crippen LogP) is 5.06. The van der Waals surface area contributed by atoms with Crippen LogP contribution in [0.15, 0.2) is 61.1 Å². The summed E-state index contributed by atoms with van der Waals surface area (Å²) < 4.78 is 5.43. The number of ketones is 1. The van der Waals surface area contributed by atoms with E-state index in [9.17, 15) is 4.79 Å². The second-order valence-electron chi connectivity index (χ2n) is 7.51. The van der Waals surface area contributed by atoms with E-state index in [1.807, 2.05) is 18.2 Å². The number of ether oxygens (including phenoxy) is 1. The summed E-state index contributed by atoms with van der Waals surface area (Å²) in [5, 5.41) is 4.10. The van der Waals surface area contributed by atoms with Crippen LogP contribution in [0, 0.1) is 5.92 Å². The van der Waals surface area contributed by atoms with Crippen LogP contribution in [-0.4, -0.2) is 35.5 Å². The number of hydrogen-bond acceptors (Lipinski definition) is 5. The molecule has 1 aromatic carbocycles. The molecule has 4 rings (SSSR count). The summed E-state index contributed by atoms with van der Waals surface area (Å²) in [7, 11) is 0. The molecule has 0 amide bonds. The number of nitrogens with zero attached hydrogens (tertiary/aromatic N) is 2. The lowest BCUT2D eigenvalue weighted by Crippen LogP contribution is -2.22. The lowest BCUT2D eigenvalue weighted by molar-refractivity contribution is 0.0699. The Hall–Kier alpha value is -2.76. The number of aromatic nitrogens is 2. The van der Waals surface area contributed by atoms with Gasteiger partial charge in [-0.2, -0.15) is 0 Å². The second kappa shape index (κ2) is 9.83. The maximum Gasteiger partial charge on any atom is 0.170 e. The van der Waals surface area contributed by atoms with E-state index in [-0.39, 0.29) is 12.2 Å². The largest absolute Gasteiger partial charge is 0.385 e. The van der Waals surface area contributed by atoms with Gasteiger partial charge in [-0.25, -0.2) is 0 Å². The number of hydrogen-bond donors (Lipinski definition) is 1. The predicted molar refractivity (Wildman–Crippen MR) is 119 cm³/mol. The first-order valence-electron chi connectivity index (χ1n) is 10.2. The Morgan fingerprint density at radius 3 is 2.80 bits per heavy atom. The minimum absolute atomic E-state index is 0.0178. The third kappa shape index (κ3) is 5.23. The third-order valence-electron chi connectivity index (χ3n) is 5.35. The van der Waals surface area contributed by atoms with Crippen molar-refractivity contribution in [3.63, 3.8) is 0 Å². The summed E-state index contributed by atoms with van der Waals surface area (Å²) in [6, 6.07) is 13.6. The number of anilines is 1. The zero-order valence-electron chi connectivity index (χ0n) is 16.7. The summed E-state index contributed by atoms with van der Waals surface area (Å²) >= 11 is 6.44. The normalized spacial score (nSPS) is 14.4. The first-order valence-corrected chi connectivity index (χ1v) is 10.6. The van der Waals surface area contributed by atoms with Crippen LogP contribution < -0.4 is 5.32 Å². The van der Waals surface area contributed by atoms with E-state index in [0.717, 1.165) is 49.4 Å². The van der Waals surface area contributed by atoms with Crippen LogP contribution in [0.25, 0.3) is 11.1 Å². The Kier molecular flexibility index (Phi) is 6.72. The zero-order valence-corrected chi connectivity index (χ0v) is 17.4. The SMILES string of the molecule is O=C(Cc1cc(-c2cccc(NCC3CCOCC3)c2)c(Cl)cn1)c1cccnc1. The molecule has 0 saturated carbocycles. The van der Waals surface area contributed by atoms with Gasteiger partial charge >= 0.3 is 0 Å². The molecular formula is C24H24ClN3O2. The Balaban J connectivity index is 1.49. The molecule has 6 heteroatoms. The average Bonchev–Trinajstić information content (AvgIpc) is 2.80. The maximum absolute atomic E-state index is 12.5. The number of benzene rings is 1. The highest BCUT2D eigenvalue weighted by Crippen LogP contribution is 2.30. The van der Waals surface area contributed by atoms with Crippen molar-refractivity contribution in [3.05, 3.63) is 77.3 Å². The fourth-order valence-corrected chi connectivity index (χ4v) is 3.82. The summed E-state index contributed by atoms with van der Waals surface area (Å²) in [6.45, 7) is 2.63. The third-order valence-corrected chi connectivity index (χ3v) is 5.65. The monoisotopic (exact) mass is 421 g/mol. The van der Waals surface area contributed by atoms with Crippen molar-refractivity contribution in [3.8, 4) is 11.1 Å². The summed E-state index contributed by atoms with van der Waals surface area (Å²) in [6.07, 6.45) is 7.24. The molecule has 154 valence electrons. The van der Waals surface area contributed by atoms with Crippen molar-refractivity contribution in [2.75, 3.05) is 25.1 Å². The highest BCUT2D eigenvalue weighted by molar-refractivity contribution is 6.33. The van der Waals surface area contributed by atoms with Gasteiger partial charge in [0.15, 0.2) is 5.78 Å². The van der Waals surface area contributed by atoms with Crippen molar-refractivity contribution >= 4 is 23.1 Å². The van der Waals surface area contributed by atoms with Gasteiger partial charge in [-0.3, -0.25) is 14.8 Å². The molecule has 1 saturated heterocycles. The van der Waals surface area contributed by atoms with Gasteiger partial charge in [0.1, 0.15) is 0 Å². The molecule has 5 nitrogen and oxygen atoms in total. The Bertz CT molecular complexity index is 1000. The lowest BCUT2D eigenvalue weighted by atomic mass is 10.00. The number of halogens is 1. The lowest BCUT2D eigenvalue weighted by Gasteiger charge is -2.22. The van der Waals surface area contributed by atoms with Gasteiger partial charge in [0, 0.05) is 60.9 Å². The van der Waals surface area contributed by atoms with Crippen molar-refractivity contribution in [2.24, 2.45) is 5.92 Å². The van der Waals surface area contributed by atoms with Gasteiger partial charge in [0.25, 0.3) is 0 Å². The van der Waals surface area contributed by atoms with Gasteiger partial charge in [-0.05, 0) is 54.7 Å². The van der Waals surface area contributed by atoms with Crippen LogP contribution in [0.3, 0.4) is 0 Å². The Labute approximate surface area is 181 Å². The minimum Gasteiger partial charge on any atom is -0.385 e. The summed E-state index contributed by atoms with van der Waals surface area (Å²) in [5.41, 5.74) is 4.18. The van der Waals surface area contributed by atoms with E-state index in [0.29, 0.717) is 22.2 Å². The standard InChI is InChI=1S/C24H24ClN3O2/c25-23-16-28-21(13-24(29)19-4-2-8-26-15-19)12-22(23)18-3-1-5-20(11-18)27-14-17-6-9-30-10-7-17/h1-5,8,11-12,15-17,27H,6-7,9-10,13-14H2. The average molecular weight is 422 g/mol. The number of Topliss-reactive ketones (excluding diaryl/α,β-unsaturated/α-hetero) is 1. The Morgan fingerprint density at radius 1 is 1.13 bits per heavy atom. The molecule has 1 N–H and O–H groups in total. The quantitative estimate of drug-likeness (QED) is 0.540. The first-order chi connectivity index (χ1) is 14.7. The van der Waals surface area contributed by atoms with Crippen molar-refractivity contribution in [1.82, 2.24) is 9.97 Å². The number of carbonyl (C=O) groups is 1. The summed E-state index contributed by atoms with van der Waals surface area (Å²) in [5.74, 6) is 0.618. The first kappa shape index (κ1) is 20.5. The molecule has 0 radical (unpaired) electrons. The Morgan fingerprint density at radius 2 is 2.00 bits per heavy atom. The van der Waals surface area contributed by atoms with Crippen molar-refractivity contribution < 1.29 is 9.53 Å². The van der Waals surface area contributed by atoms with E-state index in [1.54, 1.807) is 30.7 Å². The van der Waals surface area contributed by atoms with Crippen LogP contribution in [0.1, 0.15) is 28.9 Å². The number of rotatable bonds is 7. The minimum atomic E-state index is -0.0178. The molecule has 1 fully saturated rings. The maximum atomic E-state index is 12.5. The van der Waals surface area contributed by atoms with E-state index in [4.69, 9.17) is 16.3 Å². The topological polar surface area (TPSA) is 64.1 Å². The van der Waals surface area contributed by atoms with Crippen LogP contribution >= 0.6 is 11.6 Å². The van der Waals surface area contributed by atoms with Gasteiger partial charge < -0.3 is 10.1 Å². The van der Waals surface area contributed by atoms with E-state index >= 15 is 0 Å². The fraction of sp³-hybridized carbons (Fsp3) is 0.292. The molecule has 0 atom stereocenters. The molecule has 2 aromatic heterocycles. The number of carbonyl (C=O) groups excluding carboxylic acids is 1. The van der Waals surface area contributed by atoms with Gasteiger partial charge in [0.2, 0.25) is 0 Å². The molecule has 0 bridgehead atoms. The second-order valence-corrected chi connectivity index (χ2v) is 7.92. The van der Waals surface area contributed by atoms with Crippen LogP contribution in [0.4, 0.5) is 5.69 Å². The molecular weight excluding hydrogens is 398 g/mol. The highest BCUT2D eigenvalue weighted by atomic mass is 35.5. The van der Waals surface area contributed by atoms with Gasteiger partial charge in [-0.1, -0.05) is 23.7 Å². The molecule has 0 spiro atoms. The summed E-state index contributed by atoms with van der Waals surface area (Å²) in [4.78, 5) is 20.9. The van der Waals surface area contributed by atoms with Gasteiger partial charge in [0.05, 0.1) is 11.4 Å². The van der Waals surface area contributed by atoms with Crippen LogP contribution in [-0.2, 0) is 11.2 Å².